The first-order chi connectivity index (χ1) is 13.6. The molecule has 0 bridgehead atoms. The van der Waals surface area contributed by atoms with Gasteiger partial charge in [0.1, 0.15) is 17.7 Å². The number of anilines is 1. The monoisotopic (exact) mass is 449 g/mol. The zero-order valence-corrected chi connectivity index (χ0v) is 18.4. The fourth-order valence-corrected chi connectivity index (χ4v) is 4.98. The van der Waals surface area contributed by atoms with Gasteiger partial charge in [0.05, 0.1) is 18.7 Å². The molecule has 0 spiro atoms. The van der Waals surface area contributed by atoms with Gasteiger partial charge in [-0.25, -0.2) is 0 Å². The van der Waals surface area contributed by atoms with Gasteiger partial charge < -0.3 is 19.1 Å². The summed E-state index contributed by atoms with van der Waals surface area (Å²) in [7, 11) is 5.16. The van der Waals surface area contributed by atoms with Gasteiger partial charge in [0.15, 0.2) is 0 Å². The third kappa shape index (κ3) is 3.67. The second kappa shape index (κ2) is 8.43. The number of hydrogen-bond donors (Lipinski definition) is 0. The average molecular weight is 450 g/mol. The first kappa shape index (κ1) is 19.7. The van der Waals surface area contributed by atoms with Crippen LogP contribution in [0.2, 0.25) is 0 Å². The van der Waals surface area contributed by atoms with Crippen molar-refractivity contribution in [3.63, 3.8) is 0 Å². The third-order valence-corrected chi connectivity index (χ3v) is 6.73. The van der Waals surface area contributed by atoms with Crippen LogP contribution >= 0.6 is 15.9 Å². The Morgan fingerprint density at radius 3 is 2.54 bits per heavy atom. The van der Waals surface area contributed by atoms with E-state index in [1.165, 1.54) is 18.4 Å². The van der Waals surface area contributed by atoms with Crippen LogP contribution in [-0.2, 0) is 9.47 Å². The lowest BCUT2D eigenvalue weighted by atomic mass is 9.94. The summed E-state index contributed by atoms with van der Waals surface area (Å²) in [6.07, 6.45) is 5.62. The fraction of sp³-hybridized carbons (Fsp3) is 0.571. The van der Waals surface area contributed by atoms with E-state index >= 15 is 0 Å². The van der Waals surface area contributed by atoms with E-state index < -0.39 is 0 Å². The van der Waals surface area contributed by atoms with Crippen molar-refractivity contribution in [1.29, 1.82) is 0 Å². The Morgan fingerprint density at radius 1 is 1.07 bits per heavy atom. The van der Waals surface area contributed by atoms with Crippen LogP contribution in [0.15, 0.2) is 39.6 Å². The molecule has 2 atom stereocenters. The van der Waals surface area contributed by atoms with E-state index in [0.29, 0.717) is 11.9 Å². The molecule has 0 aromatic carbocycles. The van der Waals surface area contributed by atoms with Crippen molar-refractivity contribution in [3.8, 4) is 5.88 Å². The van der Waals surface area contributed by atoms with Crippen LogP contribution in [0.25, 0.3) is 0 Å². The first-order valence-electron chi connectivity index (χ1n) is 9.84. The standard InChI is InChI=1S/C21H28BrN3O3/c1-26-18-12-14-4-6-17(15(14)13-19(18)27-2)24-8-10-25(11-9-24)20-7-5-16(22)21(23-20)28-3/h5,7,13,17-18H,4,6,8-12H2,1-3H3. The molecule has 1 saturated heterocycles. The maximum Gasteiger partial charge on any atom is 0.229 e. The number of aromatic nitrogens is 1. The Morgan fingerprint density at radius 2 is 1.86 bits per heavy atom. The summed E-state index contributed by atoms with van der Waals surface area (Å²) >= 11 is 3.48. The number of piperazine rings is 1. The maximum absolute atomic E-state index is 5.61. The van der Waals surface area contributed by atoms with Crippen molar-refractivity contribution >= 4 is 21.7 Å². The lowest BCUT2D eigenvalue weighted by Crippen LogP contribution is -2.50. The Labute approximate surface area is 175 Å². The molecule has 0 saturated carbocycles. The van der Waals surface area contributed by atoms with Crippen LogP contribution < -0.4 is 9.64 Å². The van der Waals surface area contributed by atoms with Crippen molar-refractivity contribution in [2.45, 2.75) is 31.4 Å². The molecular formula is C21H28BrN3O3. The second-order valence-corrected chi connectivity index (χ2v) is 8.33. The minimum atomic E-state index is 0.0674. The van der Waals surface area contributed by atoms with Gasteiger partial charge in [0, 0.05) is 45.8 Å². The van der Waals surface area contributed by atoms with Gasteiger partial charge in [-0.2, -0.15) is 4.98 Å². The van der Waals surface area contributed by atoms with Crippen LogP contribution in [0.5, 0.6) is 5.88 Å². The molecule has 4 rings (SSSR count). The molecule has 2 heterocycles. The molecule has 2 aliphatic carbocycles. The third-order valence-electron chi connectivity index (χ3n) is 6.13. The fourth-order valence-electron chi connectivity index (χ4n) is 4.60. The summed E-state index contributed by atoms with van der Waals surface area (Å²) < 4.78 is 17.4. The van der Waals surface area contributed by atoms with E-state index in [-0.39, 0.29) is 6.10 Å². The van der Waals surface area contributed by atoms with Gasteiger partial charge in [0.25, 0.3) is 0 Å². The Bertz CT molecular complexity index is 787. The molecule has 0 amide bonds. The van der Waals surface area contributed by atoms with Gasteiger partial charge in [-0.1, -0.05) is 5.57 Å². The Balaban J connectivity index is 1.43. The number of hydrogen-bond acceptors (Lipinski definition) is 6. The normalized spacial score (nSPS) is 25.6. The minimum absolute atomic E-state index is 0.0674. The predicted octanol–water partition coefficient (Wildman–Crippen LogP) is 3.38. The Kier molecular flexibility index (Phi) is 5.94. The molecule has 1 aliphatic heterocycles. The number of rotatable bonds is 5. The smallest absolute Gasteiger partial charge is 0.229 e. The van der Waals surface area contributed by atoms with Gasteiger partial charge in [-0.15, -0.1) is 0 Å². The van der Waals surface area contributed by atoms with Crippen molar-refractivity contribution in [1.82, 2.24) is 9.88 Å². The zero-order valence-electron chi connectivity index (χ0n) is 16.8. The molecule has 1 aromatic rings. The predicted molar refractivity (Wildman–Crippen MR) is 113 cm³/mol. The summed E-state index contributed by atoms with van der Waals surface area (Å²) in [6, 6.07) is 4.55. The lowest BCUT2D eigenvalue weighted by Gasteiger charge is -2.39. The van der Waals surface area contributed by atoms with Gasteiger partial charge in [0.2, 0.25) is 5.88 Å². The number of methoxy groups -OCH3 is 3. The molecule has 0 N–H and O–H groups in total. The van der Waals surface area contributed by atoms with Crippen LogP contribution in [0, 0.1) is 0 Å². The van der Waals surface area contributed by atoms with Gasteiger partial charge in [-0.3, -0.25) is 4.90 Å². The zero-order chi connectivity index (χ0) is 19.7. The summed E-state index contributed by atoms with van der Waals surface area (Å²) in [4.78, 5) is 9.59. The lowest BCUT2D eigenvalue weighted by molar-refractivity contribution is 0.0764. The minimum Gasteiger partial charge on any atom is -0.498 e. The van der Waals surface area contributed by atoms with Gasteiger partial charge >= 0.3 is 0 Å². The molecule has 1 fully saturated rings. The van der Waals surface area contributed by atoms with Crippen molar-refractivity contribution in [2.24, 2.45) is 0 Å². The van der Waals surface area contributed by atoms with Crippen LogP contribution in [0.1, 0.15) is 19.3 Å². The summed E-state index contributed by atoms with van der Waals surface area (Å²) in [5.41, 5.74) is 3.00. The van der Waals surface area contributed by atoms with E-state index in [0.717, 1.165) is 48.6 Å². The molecule has 3 aliphatic rings. The van der Waals surface area contributed by atoms with Crippen LogP contribution in [0.4, 0.5) is 5.82 Å². The summed E-state index contributed by atoms with van der Waals surface area (Å²) in [5.74, 6) is 2.57. The largest absolute Gasteiger partial charge is 0.498 e. The molecule has 28 heavy (non-hydrogen) atoms. The summed E-state index contributed by atoms with van der Waals surface area (Å²) in [5, 5.41) is 0. The highest BCUT2D eigenvalue weighted by atomic mass is 79.9. The highest BCUT2D eigenvalue weighted by Crippen LogP contribution is 2.40. The van der Waals surface area contributed by atoms with E-state index in [9.17, 15) is 0 Å². The van der Waals surface area contributed by atoms with E-state index in [1.54, 1.807) is 26.9 Å². The highest BCUT2D eigenvalue weighted by molar-refractivity contribution is 9.10. The quantitative estimate of drug-likeness (QED) is 0.686. The SMILES string of the molecule is COC1=CC2=C(CCC2N2CCN(c3ccc(Br)c(OC)n3)CC2)CC1OC. The molecule has 152 valence electrons. The molecule has 6 nitrogen and oxygen atoms in total. The van der Waals surface area contributed by atoms with Crippen molar-refractivity contribution in [2.75, 3.05) is 52.4 Å². The van der Waals surface area contributed by atoms with E-state index in [1.807, 2.05) is 6.07 Å². The van der Waals surface area contributed by atoms with Crippen LogP contribution in [-0.4, -0.2) is 69.5 Å². The first-order valence-corrected chi connectivity index (χ1v) is 10.6. The number of ether oxygens (including phenoxy) is 3. The van der Waals surface area contributed by atoms with Crippen molar-refractivity contribution in [3.05, 3.63) is 39.6 Å². The number of halogens is 1. The molecular weight excluding hydrogens is 422 g/mol. The number of nitrogens with zero attached hydrogens (tertiary/aromatic N) is 3. The average Bonchev–Trinajstić information content (AvgIpc) is 3.16. The van der Waals surface area contributed by atoms with E-state index in [4.69, 9.17) is 14.2 Å². The maximum atomic E-state index is 5.61. The Hall–Kier alpha value is -1.57. The molecule has 1 aromatic heterocycles. The van der Waals surface area contributed by atoms with Crippen molar-refractivity contribution < 1.29 is 14.2 Å². The highest BCUT2D eigenvalue weighted by Gasteiger charge is 2.36. The van der Waals surface area contributed by atoms with Crippen LogP contribution in [0.3, 0.4) is 0 Å². The second-order valence-electron chi connectivity index (χ2n) is 7.48. The molecule has 7 heteroatoms. The summed E-state index contributed by atoms with van der Waals surface area (Å²) in [6.45, 7) is 4.01. The molecule has 2 unspecified atom stereocenters. The number of pyridine rings is 1. The topological polar surface area (TPSA) is 47.1 Å². The van der Waals surface area contributed by atoms with Gasteiger partial charge in [-0.05, 0) is 52.6 Å². The van der Waals surface area contributed by atoms with E-state index in [2.05, 4.69) is 42.9 Å². The molecule has 0 radical (unpaired) electrons.